The number of amides is 2. The zero-order valence-corrected chi connectivity index (χ0v) is 11.6. The van der Waals surface area contributed by atoms with Crippen LogP contribution in [0.15, 0.2) is 18.2 Å². The number of benzene rings is 1. The molecular formula is C14H17FN2O4. The summed E-state index contributed by atoms with van der Waals surface area (Å²) in [5.74, 6) is -1.23. The van der Waals surface area contributed by atoms with E-state index >= 15 is 0 Å². The van der Waals surface area contributed by atoms with Crippen molar-refractivity contribution in [2.75, 3.05) is 12.4 Å². The van der Waals surface area contributed by atoms with Gasteiger partial charge in [-0.2, -0.15) is 0 Å². The minimum Gasteiger partial charge on any atom is -0.494 e. The normalized spacial score (nSPS) is 15.1. The van der Waals surface area contributed by atoms with Crippen molar-refractivity contribution in [3.05, 3.63) is 24.0 Å². The molecule has 1 saturated carbocycles. The molecule has 114 valence electrons. The first-order valence-electron chi connectivity index (χ1n) is 6.62. The second kappa shape index (κ2) is 6.43. The van der Waals surface area contributed by atoms with Crippen LogP contribution in [0.3, 0.4) is 0 Å². The predicted molar refractivity (Wildman–Crippen MR) is 73.9 cm³/mol. The summed E-state index contributed by atoms with van der Waals surface area (Å²) in [6.07, 6.45) is 1.73. The molecule has 3 N–H and O–H groups in total. The van der Waals surface area contributed by atoms with E-state index in [-0.39, 0.29) is 24.1 Å². The molecule has 0 saturated heterocycles. The molecule has 1 unspecified atom stereocenters. The van der Waals surface area contributed by atoms with E-state index in [2.05, 4.69) is 10.6 Å². The number of carbonyl (C=O) groups is 2. The predicted octanol–water partition coefficient (Wildman–Crippen LogP) is 2.21. The van der Waals surface area contributed by atoms with Crippen molar-refractivity contribution in [2.24, 2.45) is 5.92 Å². The van der Waals surface area contributed by atoms with Gasteiger partial charge in [0.05, 0.1) is 13.5 Å². The summed E-state index contributed by atoms with van der Waals surface area (Å²) >= 11 is 0. The Morgan fingerprint density at radius 3 is 2.76 bits per heavy atom. The molecule has 1 atom stereocenters. The van der Waals surface area contributed by atoms with Crippen LogP contribution in [-0.2, 0) is 4.79 Å². The lowest BCUT2D eigenvalue weighted by Crippen LogP contribution is -2.40. The molecule has 0 spiro atoms. The number of urea groups is 1. The second-order valence-electron chi connectivity index (χ2n) is 4.99. The number of methoxy groups -OCH3 is 1. The average molecular weight is 296 g/mol. The number of rotatable bonds is 6. The quantitative estimate of drug-likeness (QED) is 0.751. The van der Waals surface area contributed by atoms with Crippen LogP contribution in [-0.4, -0.2) is 30.3 Å². The lowest BCUT2D eigenvalue weighted by atomic mass is 10.1. The Hall–Kier alpha value is -2.31. The molecule has 1 aliphatic carbocycles. The number of hydrogen-bond acceptors (Lipinski definition) is 3. The van der Waals surface area contributed by atoms with Gasteiger partial charge >= 0.3 is 12.0 Å². The molecule has 1 fully saturated rings. The van der Waals surface area contributed by atoms with Crippen molar-refractivity contribution < 1.29 is 23.8 Å². The number of carboxylic acid groups (broad SMARTS) is 1. The van der Waals surface area contributed by atoms with E-state index in [1.54, 1.807) is 0 Å². The molecule has 0 heterocycles. The van der Waals surface area contributed by atoms with Crippen molar-refractivity contribution in [3.63, 3.8) is 0 Å². The molecule has 2 amide bonds. The van der Waals surface area contributed by atoms with Gasteiger partial charge in [0.15, 0.2) is 11.6 Å². The highest BCUT2D eigenvalue weighted by atomic mass is 19.1. The van der Waals surface area contributed by atoms with Crippen molar-refractivity contribution in [3.8, 4) is 5.75 Å². The number of anilines is 1. The Morgan fingerprint density at radius 2 is 2.19 bits per heavy atom. The fraction of sp³-hybridized carbons (Fsp3) is 0.429. The van der Waals surface area contributed by atoms with Crippen LogP contribution >= 0.6 is 0 Å². The Morgan fingerprint density at radius 1 is 1.48 bits per heavy atom. The topological polar surface area (TPSA) is 87.7 Å². The number of aliphatic carboxylic acids is 1. The lowest BCUT2D eigenvalue weighted by Gasteiger charge is -2.17. The number of halogens is 1. The van der Waals surface area contributed by atoms with Gasteiger partial charge in [-0.25, -0.2) is 9.18 Å². The molecule has 0 bridgehead atoms. The van der Waals surface area contributed by atoms with E-state index in [9.17, 15) is 14.0 Å². The number of nitrogens with one attached hydrogen (secondary N) is 2. The third-order valence-corrected chi connectivity index (χ3v) is 3.31. The average Bonchev–Trinajstić information content (AvgIpc) is 3.24. The summed E-state index contributed by atoms with van der Waals surface area (Å²) in [6.45, 7) is 0. The minimum absolute atomic E-state index is 0.0251. The number of hydrogen-bond donors (Lipinski definition) is 3. The third kappa shape index (κ3) is 4.34. The molecule has 7 heteroatoms. The summed E-state index contributed by atoms with van der Waals surface area (Å²) in [5.41, 5.74) is 0.371. The van der Waals surface area contributed by atoms with Gasteiger partial charge in [-0.3, -0.25) is 4.79 Å². The van der Waals surface area contributed by atoms with Crippen LogP contribution in [0.2, 0.25) is 0 Å². The number of carbonyl (C=O) groups excluding carboxylic acids is 1. The number of carboxylic acids is 1. The van der Waals surface area contributed by atoms with E-state index in [0.717, 1.165) is 12.8 Å². The smallest absolute Gasteiger partial charge is 0.319 e. The fourth-order valence-electron chi connectivity index (χ4n) is 2.10. The summed E-state index contributed by atoms with van der Waals surface area (Å²) in [5, 5.41) is 14.0. The van der Waals surface area contributed by atoms with Gasteiger partial charge < -0.3 is 20.5 Å². The molecule has 6 nitrogen and oxygen atoms in total. The summed E-state index contributed by atoms with van der Waals surface area (Å²) in [7, 11) is 1.33. The maximum Gasteiger partial charge on any atom is 0.319 e. The van der Waals surface area contributed by atoms with Crippen LogP contribution in [0.25, 0.3) is 0 Å². The highest BCUT2D eigenvalue weighted by Gasteiger charge is 2.33. The van der Waals surface area contributed by atoms with Crippen LogP contribution < -0.4 is 15.4 Å². The second-order valence-corrected chi connectivity index (χ2v) is 4.99. The first-order chi connectivity index (χ1) is 9.99. The van der Waals surface area contributed by atoms with E-state index < -0.39 is 17.8 Å². The van der Waals surface area contributed by atoms with Gasteiger partial charge in [0.1, 0.15) is 0 Å². The van der Waals surface area contributed by atoms with E-state index in [4.69, 9.17) is 9.84 Å². The molecular weight excluding hydrogens is 279 g/mol. The van der Waals surface area contributed by atoms with Crippen LogP contribution in [0, 0.1) is 11.7 Å². The largest absolute Gasteiger partial charge is 0.494 e. The zero-order chi connectivity index (χ0) is 15.4. The molecule has 1 aromatic rings. The molecule has 2 rings (SSSR count). The van der Waals surface area contributed by atoms with Crippen molar-refractivity contribution in [2.45, 2.75) is 25.3 Å². The van der Waals surface area contributed by atoms with Crippen molar-refractivity contribution in [1.29, 1.82) is 0 Å². The highest BCUT2D eigenvalue weighted by Crippen LogP contribution is 2.34. The maximum absolute atomic E-state index is 13.3. The third-order valence-electron chi connectivity index (χ3n) is 3.31. The summed E-state index contributed by atoms with van der Waals surface area (Å²) in [6, 6.07) is 3.05. The fourth-order valence-corrected chi connectivity index (χ4v) is 2.10. The van der Waals surface area contributed by atoms with Gasteiger partial charge in [-0.05, 0) is 30.9 Å². The minimum atomic E-state index is -0.948. The highest BCUT2D eigenvalue weighted by molar-refractivity contribution is 5.90. The van der Waals surface area contributed by atoms with Crippen molar-refractivity contribution >= 4 is 17.7 Å². The van der Waals surface area contributed by atoms with E-state index in [1.807, 2.05) is 0 Å². The number of ether oxygens (including phenoxy) is 1. The standard InChI is InChI=1S/C14H17FN2O4/c1-21-12-6-9(4-5-10(12)15)16-14(20)17-11(7-13(18)19)8-2-3-8/h4-6,8,11H,2-3,7H2,1H3,(H,18,19)(H2,16,17,20). The molecule has 21 heavy (non-hydrogen) atoms. The maximum atomic E-state index is 13.3. The van der Waals surface area contributed by atoms with Crippen LogP contribution in [0.4, 0.5) is 14.9 Å². The molecule has 0 radical (unpaired) electrons. The lowest BCUT2D eigenvalue weighted by molar-refractivity contribution is -0.137. The van der Waals surface area contributed by atoms with E-state index in [1.165, 1.54) is 25.3 Å². The van der Waals surface area contributed by atoms with Gasteiger partial charge in [-0.1, -0.05) is 0 Å². The summed E-state index contributed by atoms with van der Waals surface area (Å²) < 4.78 is 18.1. The molecule has 0 aliphatic heterocycles. The summed E-state index contributed by atoms with van der Waals surface area (Å²) in [4.78, 5) is 22.6. The van der Waals surface area contributed by atoms with Gasteiger partial charge in [0.2, 0.25) is 0 Å². The van der Waals surface area contributed by atoms with Crippen LogP contribution in [0.1, 0.15) is 19.3 Å². The molecule has 1 aromatic carbocycles. The van der Waals surface area contributed by atoms with Gasteiger partial charge in [-0.15, -0.1) is 0 Å². The monoisotopic (exact) mass is 296 g/mol. The van der Waals surface area contributed by atoms with Gasteiger partial charge in [0, 0.05) is 17.8 Å². The molecule has 1 aliphatic rings. The SMILES string of the molecule is COc1cc(NC(=O)NC(CC(=O)O)C2CC2)ccc1F. The molecule has 0 aromatic heterocycles. The first kappa shape index (κ1) is 15.1. The van der Waals surface area contributed by atoms with Crippen LogP contribution in [0.5, 0.6) is 5.75 Å². The van der Waals surface area contributed by atoms with E-state index in [0.29, 0.717) is 5.69 Å². The van der Waals surface area contributed by atoms with Crippen molar-refractivity contribution in [1.82, 2.24) is 5.32 Å². The Balaban J connectivity index is 1.95. The Bertz CT molecular complexity index is 546. The Kier molecular flexibility index (Phi) is 4.62. The van der Waals surface area contributed by atoms with Gasteiger partial charge in [0.25, 0.3) is 0 Å². The Labute approximate surface area is 121 Å². The first-order valence-corrected chi connectivity index (χ1v) is 6.62. The zero-order valence-electron chi connectivity index (χ0n) is 11.6.